The summed E-state index contributed by atoms with van der Waals surface area (Å²) in [6.45, 7) is 0. The zero-order valence-electron chi connectivity index (χ0n) is 21.0. The number of primary amides is 1. The zero-order valence-corrected chi connectivity index (χ0v) is 21.0. The fraction of sp³-hybridized carbons (Fsp3) is 0.458. The molecule has 214 valence electrons. The summed E-state index contributed by atoms with van der Waals surface area (Å²) >= 11 is 0. The van der Waals surface area contributed by atoms with E-state index >= 15 is 0 Å². The molecule has 4 amide bonds. The number of amides is 4. The summed E-state index contributed by atoms with van der Waals surface area (Å²) < 4.78 is 0. The van der Waals surface area contributed by atoms with Crippen molar-refractivity contribution in [3.05, 3.63) is 35.9 Å². The third kappa shape index (κ3) is 13.0. The van der Waals surface area contributed by atoms with Crippen LogP contribution in [0.5, 0.6) is 0 Å². The highest BCUT2D eigenvalue weighted by Gasteiger charge is 2.31. The number of nitrogens with two attached hydrogens (primary N) is 2. The zero-order chi connectivity index (χ0) is 29.5. The number of carbonyl (C=O) groups is 7. The van der Waals surface area contributed by atoms with Gasteiger partial charge in [-0.3, -0.25) is 28.8 Å². The first kappa shape index (κ1) is 32.5. The van der Waals surface area contributed by atoms with Crippen LogP contribution in [0.3, 0.4) is 0 Å². The summed E-state index contributed by atoms with van der Waals surface area (Å²) in [7, 11) is 0. The molecule has 4 unspecified atom stereocenters. The molecule has 4 atom stereocenters. The number of rotatable bonds is 18. The van der Waals surface area contributed by atoms with Gasteiger partial charge in [0, 0.05) is 25.7 Å². The minimum Gasteiger partial charge on any atom is -0.481 e. The molecule has 0 bridgehead atoms. The molecule has 1 aromatic rings. The minimum absolute atomic E-state index is 0.0989. The second kappa shape index (κ2) is 16.3. The number of hydrogen-bond donors (Lipinski definition) is 8. The maximum Gasteiger partial charge on any atom is 0.326 e. The van der Waals surface area contributed by atoms with E-state index in [0.717, 1.165) is 0 Å². The van der Waals surface area contributed by atoms with E-state index in [-0.39, 0.29) is 32.1 Å². The topological polar surface area (TPSA) is 268 Å². The van der Waals surface area contributed by atoms with E-state index in [1.165, 1.54) is 0 Å². The molecular formula is C24H33N5O10. The first-order valence-electron chi connectivity index (χ1n) is 12.0. The molecule has 0 saturated carbocycles. The first-order valence-corrected chi connectivity index (χ1v) is 12.0. The van der Waals surface area contributed by atoms with Gasteiger partial charge in [0.25, 0.3) is 0 Å². The van der Waals surface area contributed by atoms with E-state index in [1.807, 2.05) is 0 Å². The van der Waals surface area contributed by atoms with E-state index in [2.05, 4.69) is 16.0 Å². The van der Waals surface area contributed by atoms with E-state index in [1.54, 1.807) is 30.3 Å². The molecule has 0 saturated heterocycles. The molecule has 0 radical (unpaired) electrons. The molecule has 39 heavy (non-hydrogen) atoms. The van der Waals surface area contributed by atoms with Gasteiger partial charge in [-0.15, -0.1) is 0 Å². The highest BCUT2D eigenvalue weighted by Crippen LogP contribution is 2.08. The summed E-state index contributed by atoms with van der Waals surface area (Å²) in [6.07, 6.45) is -2.29. The van der Waals surface area contributed by atoms with Gasteiger partial charge in [0.05, 0.1) is 6.04 Å². The number of carbonyl (C=O) groups excluding carboxylic acids is 4. The quantitative estimate of drug-likeness (QED) is 0.0997. The van der Waals surface area contributed by atoms with E-state index < -0.39 is 78.5 Å². The van der Waals surface area contributed by atoms with Crippen molar-refractivity contribution in [2.75, 3.05) is 0 Å². The smallest absolute Gasteiger partial charge is 0.326 e. The standard InChI is InChI=1S/C24H33N5O10/c25-14(6-10-19(31)32)21(35)27-15(8-11-20(33)34)22(36)29-17(12-13-4-2-1-3-5-13)23(37)28-16(24(38)39)7-9-18(26)30/h1-5,14-17H,6-12,25H2,(H2,26,30)(H,27,35)(H,28,37)(H,29,36)(H,31,32)(H,33,34)(H,38,39). The lowest BCUT2D eigenvalue weighted by molar-refractivity contribution is -0.142. The van der Waals surface area contributed by atoms with Gasteiger partial charge in [-0.05, 0) is 24.8 Å². The Morgan fingerprint density at radius 2 is 1.15 bits per heavy atom. The Kier molecular flexibility index (Phi) is 13.6. The maximum atomic E-state index is 13.1. The number of carboxylic acid groups (broad SMARTS) is 3. The average molecular weight is 552 g/mol. The van der Waals surface area contributed by atoms with Crippen LogP contribution in [0.1, 0.15) is 44.1 Å². The molecule has 0 aromatic heterocycles. The van der Waals surface area contributed by atoms with Crippen molar-refractivity contribution in [2.45, 2.75) is 69.1 Å². The Morgan fingerprint density at radius 1 is 0.667 bits per heavy atom. The molecular weight excluding hydrogens is 518 g/mol. The second-order valence-electron chi connectivity index (χ2n) is 8.69. The molecule has 0 heterocycles. The third-order valence-corrected chi connectivity index (χ3v) is 5.50. The van der Waals surface area contributed by atoms with Crippen LogP contribution in [0.15, 0.2) is 30.3 Å². The predicted molar refractivity (Wildman–Crippen MR) is 134 cm³/mol. The SMILES string of the molecule is NC(=O)CCC(NC(=O)C(Cc1ccccc1)NC(=O)C(CCC(=O)O)NC(=O)C(N)CCC(=O)O)C(=O)O. The Bertz CT molecular complexity index is 1050. The molecule has 0 spiro atoms. The molecule has 0 aliphatic heterocycles. The van der Waals surface area contributed by atoms with Crippen LogP contribution >= 0.6 is 0 Å². The van der Waals surface area contributed by atoms with Crippen LogP contribution in [0.2, 0.25) is 0 Å². The Balaban J connectivity index is 3.13. The van der Waals surface area contributed by atoms with Crippen molar-refractivity contribution < 1.29 is 48.9 Å². The normalized spacial score (nSPS) is 13.7. The number of carboxylic acids is 3. The number of nitrogens with one attached hydrogen (secondary N) is 3. The fourth-order valence-corrected chi connectivity index (χ4v) is 3.37. The van der Waals surface area contributed by atoms with Crippen molar-refractivity contribution in [3.8, 4) is 0 Å². The monoisotopic (exact) mass is 551 g/mol. The highest BCUT2D eigenvalue weighted by atomic mass is 16.4. The van der Waals surface area contributed by atoms with Gasteiger partial charge >= 0.3 is 17.9 Å². The molecule has 0 aliphatic rings. The predicted octanol–water partition coefficient (Wildman–Crippen LogP) is -1.91. The fourth-order valence-electron chi connectivity index (χ4n) is 3.37. The van der Waals surface area contributed by atoms with Gasteiger partial charge in [0.15, 0.2) is 0 Å². The van der Waals surface area contributed by atoms with Crippen molar-refractivity contribution in [2.24, 2.45) is 11.5 Å². The lowest BCUT2D eigenvalue weighted by Crippen LogP contribution is -2.57. The van der Waals surface area contributed by atoms with Crippen molar-refractivity contribution in [1.82, 2.24) is 16.0 Å². The summed E-state index contributed by atoms with van der Waals surface area (Å²) in [4.78, 5) is 83.1. The Morgan fingerprint density at radius 3 is 1.69 bits per heavy atom. The van der Waals surface area contributed by atoms with Crippen LogP contribution in [0.25, 0.3) is 0 Å². The number of aliphatic carboxylic acids is 3. The van der Waals surface area contributed by atoms with Crippen LogP contribution in [-0.2, 0) is 40.0 Å². The second-order valence-corrected chi connectivity index (χ2v) is 8.69. The van der Waals surface area contributed by atoms with Gasteiger partial charge in [-0.25, -0.2) is 4.79 Å². The van der Waals surface area contributed by atoms with Crippen LogP contribution in [0.4, 0.5) is 0 Å². The van der Waals surface area contributed by atoms with Crippen LogP contribution in [-0.4, -0.2) is 81.0 Å². The molecule has 1 aromatic carbocycles. The average Bonchev–Trinajstić information content (AvgIpc) is 2.86. The summed E-state index contributed by atoms with van der Waals surface area (Å²) in [5, 5.41) is 34.2. The van der Waals surface area contributed by atoms with Gasteiger partial charge in [0.2, 0.25) is 23.6 Å². The van der Waals surface area contributed by atoms with Gasteiger partial charge in [-0.1, -0.05) is 30.3 Å². The van der Waals surface area contributed by atoms with Crippen LogP contribution in [0, 0.1) is 0 Å². The van der Waals surface area contributed by atoms with E-state index in [4.69, 9.17) is 21.7 Å². The van der Waals surface area contributed by atoms with Crippen LogP contribution < -0.4 is 27.4 Å². The number of benzene rings is 1. The summed E-state index contributed by atoms with van der Waals surface area (Å²) in [5.41, 5.74) is 11.3. The van der Waals surface area contributed by atoms with Crippen molar-refractivity contribution >= 4 is 41.5 Å². The Hall–Kier alpha value is -4.53. The maximum absolute atomic E-state index is 13.1. The first-order chi connectivity index (χ1) is 18.3. The highest BCUT2D eigenvalue weighted by molar-refractivity contribution is 5.94. The van der Waals surface area contributed by atoms with Gasteiger partial charge in [-0.2, -0.15) is 0 Å². The lowest BCUT2D eigenvalue weighted by Gasteiger charge is -2.25. The minimum atomic E-state index is -1.49. The van der Waals surface area contributed by atoms with Crippen molar-refractivity contribution in [1.29, 1.82) is 0 Å². The molecule has 15 nitrogen and oxygen atoms in total. The van der Waals surface area contributed by atoms with E-state index in [9.17, 15) is 38.7 Å². The summed E-state index contributed by atoms with van der Waals surface area (Å²) in [5.74, 6) is -7.43. The third-order valence-electron chi connectivity index (χ3n) is 5.50. The molecule has 15 heteroatoms. The Labute approximate surface area is 223 Å². The van der Waals surface area contributed by atoms with Gasteiger partial charge < -0.3 is 42.7 Å². The van der Waals surface area contributed by atoms with E-state index in [0.29, 0.717) is 5.56 Å². The molecule has 0 fully saturated rings. The van der Waals surface area contributed by atoms with Crippen molar-refractivity contribution in [3.63, 3.8) is 0 Å². The van der Waals surface area contributed by atoms with Gasteiger partial charge in [0.1, 0.15) is 18.1 Å². The number of hydrogen-bond acceptors (Lipinski definition) is 8. The summed E-state index contributed by atoms with van der Waals surface area (Å²) in [6, 6.07) is 2.76. The lowest BCUT2D eigenvalue weighted by atomic mass is 10.0. The largest absolute Gasteiger partial charge is 0.481 e. The molecule has 10 N–H and O–H groups in total. The molecule has 0 aliphatic carbocycles. The molecule has 1 rings (SSSR count).